The highest BCUT2D eigenvalue weighted by Crippen LogP contribution is 2.17. The van der Waals surface area contributed by atoms with E-state index in [9.17, 15) is 9.18 Å². The van der Waals surface area contributed by atoms with Gasteiger partial charge in [0, 0.05) is 5.56 Å². The summed E-state index contributed by atoms with van der Waals surface area (Å²) in [6.07, 6.45) is 3.18. The van der Waals surface area contributed by atoms with Gasteiger partial charge >= 0.3 is 0 Å². The zero-order valence-electron chi connectivity index (χ0n) is 16.8. The molecule has 0 aromatic heterocycles. The van der Waals surface area contributed by atoms with Crippen LogP contribution in [0.5, 0.6) is 11.5 Å². The van der Waals surface area contributed by atoms with E-state index in [0.29, 0.717) is 18.8 Å². The van der Waals surface area contributed by atoms with Crippen LogP contribution in [0, 0.1) is 5.82 Å². The highest BCUT2D eigenvalue weighted by molar-refractivity contribution is 6.06. The van der Waals surface area contributed by atoms with Gasteiger partial charge in [-0.15, -0.1) is 0 Å². The van der Waals surface area contributed by atoms with Crippen molar-refractivity contribution in [2.75, 3.05) is 13.2 Å². The predicted octanol–water partition coefficient (Wildman–Crippen LogP) is 6.21. The first kappa shape index (κ1) is 21.1. The van der Waals surface area contributed by atoms with E-state index in [1.54, 1.807) is 6.08 Å². The van der Waals surface area contributed by atoms with Gasteiger partial charge in [0.05, 0.1) is 0 Å². The number of benzene rings is 3. The Hall–Kier alpha value is -3.66. The highest BCUT2D eigenvalue weighted by Gasteiger charge is 2.02. The van der Waals surface area contributed by atoms with E-state index in [1.165, 1.54) is 30.3 Å². The number of hydrogen-bond donors (Lipinski definition) is 0. The Morgan fingerprint density at radius 2 is 1.33 bits per heavy atom. The van der Waals surface area contributed by atoms with Crippen LogP contribution < -0.4 is 9.47 Å². The molecule has 0 N–H and O–H groups in total. The Morgan fingerprint density at radius 3 is 1.87 bits per heavy atom. The van der Waals surface area contributed by atoms with Crippen molar-refractivity contribution >= 4 is 17.4 Å². The number of ether oxygens (including phenoxy) is 2. The number of carbonyl (C=O) groups is 1. The largest absolute Gasteiger partial charge is 0.490 e. The SMILES string of the molecule is C=C(C)c1ccc(OCCOc2ccc(/C=C/C(=O)c3ccc(F)cc3)cc2)cc1. The lowest BCUT2D eigenvalue weighted by atomic mass is 10.1. The van der Waals surface area contributed by atoms with Crippen molar-refractivity contribution in [2.24, 2.45) is 0 Å². The van der Waals surface area contributed by atoms with E-state index in [1.807, 2.05) is 55.5 Å². The van der Waals surface area contributed by atoms with Crippen LogP contribution >= 0.6 is 0 Å². The summed E-state index contributed by atoms with van der Waals surface area (Å²) in [5.41, 5.74) is 3.42. The molecule has 0 fully saturated rings. The first-order valence-electron chi connectivity index (χ1n) is 9.61. The van der Waals surface area contributed by atoms with Gasteiger partial charge in [-0.2, -0.15) is 0 Å². The predicted molar refractivity (Wildman–Crippen MR) is 118 cm³/mol. The quantitative estimate of drug-likeness (QED) is 0.242. The molecule has 0 radical (unpaired) electrons. The van der Waals surface area contributed by atoms with Crippen LogP contribution in [0.25, 0.3) is 11.6 Å². The van der Waals surface area contributed by atoms with Gasteiger partial charge in [0.25, 0.3) is 0 Å². The molecule has 0 heterocycles. The molecule has 3 aromatic rings. The molecule has 0 amide bonds. The minimum absolute atomic E-state index is 0.177. The minimum atomic E-state index is -0.364. The fourth-order valence-corrected chi connectivity index (χ4v) is 2.71. The minimum Gasteiger partial charge on any atom is -0.490 e. The molecular weight excluding hydrogens is 379 g/mol. The van der Waals surface area contributed by atoms with Crippen LogP contribution in [0.15, 0.2) is 85.5 Å². The number of ketones is 1. The molecule has 0 saturated heterocycles. The molecule has 30 heavy (non-hydrogen) atoms. The van der Waals surface area contributed by atoms with Crippen LogP contribution in [-0.2, 0) is 0 Å². The van der Waals surface area contributed by atoms with Crippen molar-refractivity contribution < 1.29 is 18.7 Å². The van der Waals surface area contributed by atoms with Gasteiger partial charge in [-0.1, -0.05) is 42.5 Å². The van der Waals surface area contributed by atoms with Crippen molar-refractivity contribution in [1.82, 2.24) is 0 Å². The van der Waals surface area contributed by atoms with Gasteiger partial charge in [-0.3, -0.25) is 4.79 Å². The fourth-order valence-electron chi connectivity index (χ4n) is 2.71. The molecule has 3 nitrogen and oxygen atoms in total. The lowest BCUT2D eigenvalue weighted by Crippen LogP contribution is -2.08. The molecular formula is C26H23FO3. The average molecular weight is 402 g/mol. The molecule has 0 atom stereocenters. The zero-order chi connectivity index (χ0) is 21.3. The third-order valence-corrected chi connectivity index (χ3v) is 4.40. The third-order valence-electron chi connectivity index (χ3n) is 4.40. The maximum absolute atomic E-state index is 12.9. The van der Waals surface area contributed by atoms with E-state index in [0.717, 1.165) is 28.2 Å². The lowest BCUT2D eigenvalue weighted by molar-refractivity contribution is 0.104. The summed E-state index contributed by atoms with van der Waals surface area (Å²) in [6.45, 7) is 6.73. The van der Waals surface area contributed by atoms with Crippen LogP contribution in [-0.4, -0.2) is 19.0 Å². The monoisotopic (exact) mass is 402 g/mol. The number of rotatable bonds is 9. The van der Waals surface area contributed by atoms with Gasteiger partial charge in [0.15, 0.2) is 5.78 Å². The first-order valence-corrected chi connectivity index (χ1v) is 9.61. The van der Waals surface area contributed by atoms with Crippen molar-refractivity contribution in [2.45, 2.75) is 6.92 Å². The Labute approximate surface area is 176 Å². The Kier molecular flexibility index (Phi) is 7.17. The lowest BCUT2D eigenvalue weighted by Gasteiger charge is -2.09. The van der Waals surface area contributed by atoms with E-state index < -0.39 is 0 Å². The normalized spacial score (nSPS) is 10.7. The van der Waals surface area contributed by atoms with Gasteiger partial charge < -0.3 is 9.47 Å². The summed E-state index contributed by atoms with van der Waals surface area (Å²) in [5, 5.41) is 0. The summed E-state index contributed by atoms with van der Waals surface area (Å²) in [5.74, 6) is 0.967. The number of halogens is 1. The molecule has 0 unspecified atom stereocenters. The molecule has 0 spiro atoms. The highest BCUT2D eigenvalue weighted by atomic mass is 19.1. The summed E-state index contributed by atoms with van der Waals surface area (Å²) < 4.78 is 24.3. The molecule has 0 aliphatic rings. The molecule has 0 saturated carbocycles. The van der Waals surface area contributed by atoms with Crippen molar-refractivity contribution in [3.05, 3.63) is 108 Å². The Balaban J connectivity index is 1.44. The number of hydrogen-bond acceptors (Lipinski definition) is 3. The maximum atomic E-state index is 12.9. The van der Waals surface area contributed by atoms with Crippen LogP contribution in [0.1, 0.15) is 28.4 Å². The second-order valence-corrected chi connectivity index (χ2v) is 6.78. The fraction of sp³-hybridized carbons (Fsp3) is 0.115. The summed E-state index contributed by atoms with van der Waals surface area (Å²) >= 11 is 0. The maximum Gasteiger partial charge on any atom is 0.185 e. The third kappa shape index (κ3) is 6.17. The summed E-state index contributed by atoms with van der Waals surface area (Å²) in [7, 11) is 0. The molecule has 0 bridgehead atoms. The second kappa shape index (κ2) is 10.2. The van der Waals surface area contributed by atoms with Crippen molar-refractivity contribution in [3.63, 3.8) is 0 Å². The Morgan fingerprint density at radius 1 is 0.833 bits per heavy atom. The zero-order valence-corrected chi connectivity index (χ0v) is 16.8. The van der Waals surface area contributed by atoms with Crippen molar-refractivity contribution in [3.8, 4) is 11.5 Å². The number of carbonyl (C=O) groups excluding carboxylic acids is 1. The molecule has 0 aliphatic heterocycles. The second-order valence-electron chi connectivity index (χ2n) is 6.78. The molecule has 4 heteroatoms. The van der Waals surface area contributed by atoms with Gasteiger partial charge in [0.2, 0.25) is 0 Å². The van der Waals surface area contributed by atoms with E-state index in [-0.39, 0.29) is 11.6 Å². The summed E-state index contributed by atoms with van der Waals surface area (Å²) in [6, 6.07) is 20.7. The van der Waals surface area contributed by atoms with Crippen LogP contribution in [0.2, 0.25) is 0 Å². The topological polar surface area (TPSA) is 35.5 Å². The molecule has 0 aliphatic carbocycles. The first-order chi connectivity index (χ1) is 14.5. The smallest absolute Gasteiger partial charge is 0.185 e. The summed E-state index contributed by atoms with van der Waals surface area (Å²) in [4.78, 5) is 12.1. The number of allylic oxidation sites excluding steroid dienone is 2. The van der Waals surface area contributed by atoms with Gasteiger partial charge in [-0.05, 0) is 72.7 Å². The average Bonchev–Trinajstić information content (AvgIpc) is 2.76. The van der Waals surface area contributed by atoms with E-state index >= 15 is 0 Å². The Bertz CT molecular complexity index is 1020. The van der Waals surface area contributed by atoms with Crippen LogP contribution in [0.3, 0.4) is 0 Å². The van der Waals surface area contributed by atoms with Crippen LogP contribution in [0.4, 0.5) is 4.39 Å². The van der Waals surface area contributed by atoms with Crippen molar-refractivity contribution in [1.29, 1.82) is 0 Å². The van der Waals surface area contributed by atoms with Gasteiger partial charge in [-0.25, -0.2) is 4.39 Å². The molecule has 3 aromatic carbocycles. The molecule has 152 valence electrons. The van der Waals surface area contributed by atoms with Gasteiger partial charge in [0.1, 0.15) is 30.5 Å². The van der Waals surface area contributed by atoms with E-state index in [4.69, 9.17) is 9.47 Å². The molecule has 3 rings (SSSR count). The van der Waals surface area contributed by atoms with E-state index in [2.05, 4.69) is 6.58 Å². The standard InChI is InChI=1S/C26H23FO3/c1-19(2)21-8-14-25(15-9-21)30-18-17-29-24-12-3-20(4-13-24)5-16-26(28)22-6-10-23(27)11-7-22/h3-16H,1,17-18H2,2H3/b16-5+.